The van der Waals surface area contributed by atoms with Crippen LogP contribution in [-0.4, -0.2) is 12.6 Å². The van der Waals surface area contributed by atoms with Gasteiger partial charge in [0.25, 0.3) is 0 Å². The molecule has 0 aromatic heterocycles. The van der Waals surface area contributed by atoms with Crippen LogP contribution in [0.25, 0.3) is 0 Å². The van der Waals surface area contributed by atoms with Crippen LogP contribution in [0.1, 0.15) is 38.7 Å². The van der Waals surface area contributed by atoms with Gasteiger partial charge in [-0.1, -0.05) is 31.9 Å². The Kier molecular flexibility index (Phi) is 5.94. The molecule has 2 nitrogen and oxygen atoms in total. The van der Waals surface area contributed by atoms with E-state index in [0.717, 1.165) is 18.7 Å². The number of rotatable bonds is 7. The van der Waals surface area contributed by atoms with Crippen LogP contribution in [0.3, 0.4) is 0 Å². The van der Waals surface area contributed by atoms with Gasteiger partial charge in [-0.2, -0.15) is 0 Å². The Labute approximate surface area is 99.2 Å². The molecule has 0 aliphatic heterocycles. The monoisotopic (exact) mass is 220 g/mol. The molecule has 0 spiro atoms. The molecule has 0 fully saturated rings. The lowest BCUT2D eigenvalue weighted by Crippen LogP contribution is -2.27. The molecule has 1 atom stereocenters. The summed E-state index contributed by atoms with van der Waals surface area (Å²) in [6.45, 7) is 5.53. The summed E-state index contributed by atoms with van der Waals surface area (Å²) in [4.78, 5) is 0. The molecule has 1 aromatic carbocycles. The van der Waals surface area contributed by atoms with E-state index in [0.29, 0.717) is 6.04 Å². The molecule has 0 amide bonds. The normalized spacial score (nSPS) is 12.6. The molecule has 0 saturated heterocycles. The van der Waals surface area contributed by atoms with Crippen LogP contribution >= 0.6 is 0 Å². The van der Waals surface area contributed by atoms with E-state index in [1.54, 1.807) is 0 Å². The third-order valence-electron chi connectivity index (χ3n) is 2.85. The largest absolute Gasteiger partial charge is 0.399 e. The summed E-state index contributed by atoms with van der Waals surface area (Å²) in [5.74, 6) is 0. The first-order valence-electron chi connectivity index (χ1n) is 6.30. The molecule has 1 rings (SSSR count). The van der Waals surface area contributed by atoms with Crippen LogP contribution in [-0.2, 0) is 6.42 Å². The summed E-state index contributed by atoms with van der Waals surface area (Å²) in [7, 11) is 0. The van der Waals surface area contributed by atoms with Crippen molar-refractivity contribution in [1.82, 2.24) is 5.32 Å². The maximum atomic E-state index is 5.74. The van der Waals surface area contributed by atoms with Crippen LogP contribution in [0, 0.1) is 0 Å². The summed E-state index contributed by atoms with van der Waals surface area (Å²) in [6, 6.07) is 8.76. The van der Waals surface area contributed by atoms with Gasteiger partial charge >= 0.3 is 0 Å². The Balaban J connectivity index is 2.20. The number of unbranched alkanes of at least 4 members (excludes halogenated alkanes) is 1. The molecule has 2 heteroatoms. The number of hydrogen-bond donors (Lipinski definition) is 2. The molecule has 1 unspecified atom stereocenters. The van der Waals surface area contributed by atoms with Gasteiger partial charge in [-0.25, -0.2) is 0 Å². The van der Waals surface area contributed by atoms with Gasteiger partial charge in [0.2, 0.25) is 0 Å². The Morgan fingerprint density at radius 3 is 2.88 bits per heavy atom. The lowest BCUT2D eigenvalue weighted by molar-refractivity contribution is 0.498. The van der Waals surface area contributed by atoms with Crippen molar-refractivity contribution in [2.24, 2.45) is 0 Å². The molecule has 0 radical (unpaired) electrons. The lowest BCUT2D eigenvalue weighted by Gasteiger charge is -2.13. The highest BCUT2D eigenvalue weighted by molar-refractivity contribution is 5.40. The fraction of sp³-hybridized carbons (Fsp3) is 0.571. The average molecular weight is 220 g/mol. The molecule has 1 aromatic rings. The van der Waals surface area contributed by atoms with Crippen molar-refractivity contribution in [2.45, 2.75) is 45.6 Å². The van der Waals surface area contributed by atoms with Crippen molar-refractivity contribution in [1.29, 1.82) is 0 Å². The fourth-order valence-electron chi connectivity index (χ4n) is 1.82. The number of nitrogen functional groups attached to an aromatic ring is 1. The van der Waals surface area contributed by atoms with E-state index in [-0.39, 0.29) is 0 Å². The van der Waals surface area contributed by atoms with Gasteiger partial charge < -0.3 is 11.1 Å². The molecule has 16 heavy (non-hydrogen) atoms. The van der Waals surface area contributed by atoms with Crippen LogP contribution < -0.4 is 11.1 Å². The zero-order chi connectivity index (χ0) is 11.8. The maximum Gasteiger partial charge on any atom is 0.0316 e. The summed E-state index contributed by atoms with van der Waals surface area (Å²) in [5, 5.41) is 3.54. The van der Waals surface area contributed by atoms with E-state index in [1.807, 2.05) is 12.1 Å². The summed E-state index contributed by atoms with van der Waals surface area (Å²) >= 11 is 0. The SMILES string of the molecule is CCCCC(C)NCCc1cccc(N)c1. The van der Waals surface area contributed by atoms with Gasteiger partial charge in [-0.15, -0.1) is 0 Å². The Hall–Kier alpha value is -1.02. The second-order valence-corrected chi connectivity index (χ2v) is 4.49. The van der Waals surface area contributed by atoms with E-state index in [4.69, 9.17) is 5.73 Å². The summed E-state index contributed by atoms with van der Waals surface area (Å²) in [5.41, 5.74) is 7.91. The Bertz CT molecular complexity index is 297. The van der Waals surface area contributed by atoms with Crippen LogP contribution in [0.4, 0.5) is 5.69 Å². The third-order valence-corrected chi connectivity index (χ3v) is 2.85. The number of anilines is 1. The average Bonchev–Trinajstić information content (AvgIpc) is 2.26. The zero-order valence-corrected chi connectivity index (χ0v) is 10.5. The molecule has 3 N–H and O–H groups in total. The zero-order valence-electron chi connectivity index (χ0n) is 10.5. The lowest BCUT2D eigenvalue weighted by atomic mass is 10.1. The van der Waals surface area contributed by atoms with E-state index >= 15 is 0 Å². The molecule has 0 bridgehead atoms. The number of benzene rings is 1. The van der Waals surface area contributed by atoms with E-state index in [9.17, 15) is 0 Å². The van der Waals surface area contributed by atoms with Crippen molar-refractivity contribution in [3.05, 3.63) is 29.8 Å². The first-order valence-corrected chi connectivity index (χ1v) is 6.30. The molecular weight excluding hydrogens is 196 g/mol. The Morgan fingerprint density at radius 1 is 1.38 bits per heavy atom. The van der Waals surface area contributed by atoms with Crippen LogP contribution in [0.5, 0.6) is 0 Å². The van der Waals surface area contributed by atoms with Crippen LogP contribution in [0.15, 0.2) is 24.3 Å². The number of nitrogens with two attached hydrogens (primary N) is 1. The van der Waals surface area contributed by atoms with Crippen molar-refractivity contribution in [3.8, 4) is 0 Å². The molecule has 0 aliphatic carbocycles. The Morgan fingerprint density at radius 2 is 2.19 bits per heavy atom. The highest BCUT2D eigenvalue weighted by Crippen LogP contribution is 2.07. The van der Waals surface area contributed by atoms with Crippen molar-refractivity contribution in [3.63, 3.8) is 0 Å². The quantitative estimate of drug-likeness (QED) is 0.693. The summed E-state index contributed by atoms with van der Waals surface area (Å²) in [6.07, 6.45) is 4.92. The molecule has 0 heterocycles. The second-order valence-electron chi connectivity index (χ2n) is 4.49. The number of hydrogen-bond acceptors (Lipinski definition) is 2. The molecule has 90 valence electrons. The highest BCUT2D eigenvalue weighted by atomic mass is 14.9. The minimum atomic E-state index is 0.626. The van der Waals surface area contributed by atoms with Crippen LogP contribution in [0.2, 0.25) is 0 Å². The van der Waals surface area contributed by atoms with Gasteiger partial charge in [-0.3, -0.25) is 0 Å². The van der Waals surface area contributed by atoms with Gasteiger partial charge in [0.05, 0.1) is 0 Å². The second kappa shape index (κ2) is 7.29. The minimum Gasteiger partial charge on any atom is -0.399 e. The smallest absolute Gasteiger partial charge is 0.0316 e. The third kappa shape index (κ3) is 5.17. The molecule has 0 aliphatic rings. The predicted octanol–water partition coefficient (Wildman–Crippen LogP) is 2.98. The van der Waals surface area contributed by atoms with Crippen molar-refractivity contribution in [2.75, 3.05) is 12.3 Å². The highest BCUT2D eigenvalue weighted by Gasteiger charge is 2.00. The van der Waals surface area contributed by atoms with Gasteiger partial charge in [-0.05, 0) is 44.0 Å². The summed E-state index contributed by atoms with van der Waals surface area (Å²) < 4.78 is 0. The first-order chi connectivity index (χ1) is 7.72. The van der Waals surface area contributed by atoms with Crippen molar-refractivity contribution < 1.29 is 0 Å². The van der Waals surface area contributed by atoms with Crippen molar-refractivity contribution >= 4 is 5.69 Å². The fourth-order valence-corrected chi connectivity index (χ4v) is 1.82. The van der Waals surface area contributed by atoms with Gasteiger partial charge in [0, 0.05) is 11.7 Å². The van der Waals surface area contributed by atoms with E-state index < -0.39 is 0 Å². The van der Waals surface area contributed by atoms with E-state index in [2.05, 4.69) is 31.3 Å². The predicted molar refractivity (Wildman–Crippen MR) is 71.5 cm³/mol. The first kappa shape index (κ1) is 13.0. The topological polar surface area (TPSA) is 38.0 Å². The van der Waals surface area contributed by atoms with E-state index in [1.165, 1.54) is 24.8 Å². The standard InChI is InChI=1S/C14H24N2/c1-3-4-6-12(2)16-10-9-13-7-5-8-14(15)11-13/h5,7-8,11-12,16H,3-4,6,9-10,15H2,1-2H3. The van der Waals surface area contributed by atoms with Gasteiger partial charge in [0.15, 0.2) is 0 Å². The molecule has 0 saturated carbocycles. The maximum absolute atomic E-state index is 5.74. The number of nitrogens with one attached hydrogen (secondary N) is 1. The minimum absolute atomic E-state index is 0.626. The van der Waals surface area contributed by atoms with Gasteiger partial charge in [0.1, 0.15) is 0 Å². The molecular formula is C14H24N2.